The number of nitrogens with one attached hydrogen (secondary N) is 1. The lowest BCUT2D eigenvalue weighted by Crippen LogP contribution is -2.15. The lowest BCUT2D eigenvalue weighted by atomic mass is 10.1. The van der Waals surface area contributed by atoms with Crippen LogP contribution in [0.15, 0.2) is 30.5 Å². The molecule has 0 saturated carbocycles. The highest BCUT2D eigenvalue weighted by molar-refractivity contribution is 5.63. The molecule has 0 amide bonds. The van der Waals surface area contributed by atoms with Gasteiger partial charge in [-0.3, -0.25) is 0 Å². The minimum atomic E-state index is 0.675. The molecule has 19 heavy (non-hydrogen) atoms. The molecule has 0 aliphatic heterocycles. The molecule has 0 fully saturated rings. The summed E-state index contributed by atoms with van der Waals surface area (Å²) in [6, 6.07) is 8.37. The van der Waals surface area contributed by atoms with E-state index in [9.17, 15) is 0 Å². The Labute approximate surface area is 114 Å². The summed E-state index contributed by atoms with van der Waals surface area (Å²) >= 11 is 0. The Hall–Kier alpha value is -1.94. The van der Waals surface area contributed by atoms with Crippen LogP contribution in [0.5, 0.6) is 0 Å². The van der Waals surface area contributed by atoms with Crippen molar-refractivity contribution in [3.8, 4) is 0 Å². The number of hydrogen-bond donors (Lipinski definition) is 1. The number of benzene rings is 1. The monoisotopic (exact) mass is 256 g/mol. The summed E-state index contributed by atoms with van der Waals surface area (Å²) in [5, 5.41) is 3.07. The topological polar surface area (TPSA) is 41.1 Å². The van der Waals surface area contributed by atoms with Crippen molar-refractivity contribution >= 4 is 11.5 Å². The molecular weight excluding hydrogens is 236 g/mol. The zero-order valence-electron chi connectivity index (χ0n) is 11.9. The van der Waals surface area contributed by atoms with E-state index >= 15 is 0 Å². The fourth-order valence-electron chi connectivity index (χ4n) is 2.02. The molecule has 1 aromatic carbocycles. The highest BCUT2D eigenvalue weighted by Gasteiger charge is 2.09. The highest BCUT2D eigenvalue weighted by Crippen LogP contribution is 2.26. The summed E-state index contributed by atoms with van der Waals surface area (Å²) in [6.45, 7) is 4.89. The molecule has 4 heteroatoms. The lowest BCUT2D eigenvalue weighted by molar-refractivity contribution is 0.756. The second-order valence-corrected chi connectivity index (χ2v) is 4.71. The van der Waals surface area contributed by atoms with E-state index in [2.05, 4.69) is 52.2 Å². The quantitative estimate of drug-likeness (QED) is 0.913. The summed E-state index contributed by atoms with van der Waals surface area (Å²) in [5.74, 6) is 1.71. The van der Waals surface area contributed by atoms with Gasteiger partial charge in [-0.15, -0.1) is 0 Å². The van der Waals surface area contributed by atoms with Crippen LogP contribution in [0.4, 0.5) is 11.5 Å². The molecule has 2 aromatic rings. The van der Waals surface area contributed by atoms with Crippen molar-refractivity contribution in [2.24, 2.45) is 0 Å². The number of aromatic nitrogens is 2. The number of anilines is 2. The van der Waals surface area contributed by atoms with E-state index in [0.717, 1.165) is 11.6 Å². The molecule has 2 rings (SSSR count). The van der Waals surface area contributed by atoms with Crippen LogP contribution >= 0.6 is 0 Å². The number of aryl methyl sites for hydroxylation is 2. The smallest absolute Gasteiger partial charge is 0.144 e. The first-order valence-corrected chi connectivity index (χ1v) is 6.39. The van der Waals surface area contributed by atoms with E-state index < -0.39 is 0 Å². The molecule has 1 aromatic heterocycles. The Morgan fingerprint density at radius 2 is 2.00 bits per heavy atom. The van der Waals surface area contributed by atoms with Crippen molar-refractivity contribution in [3.05, 3.63) is 47.4 Å². The Kier molecular flexibility index (Phi) is 4.12. The van der Waals surface area contributed by atoms with Crippen molar-refractivity contribution in [1.82, 2.24) is 15.3 Å². The van der Waals surface area contributed by atoms with Gasteiger partial charge in [0, 0.05) is 18.9 Å². The Balaban J connectivity index is 2.35. The van der Waals surface area contributed by atoms with Gasteiger partial charge >= 0.3 is 0 Å². The van der Waals surface area contributed by atoms with Gasteiger partial charge in [-0.2, -0.15) is 0 Å². The zero-order valence-corrected chi connectivity index (χ0v) is 11.9. The zero-order chi connectivity index (χ0) is 13.8. The molecule has 4 nitrogen and oxygen atoms in total. The fourth-order valence-corrected chi connectivity index (χ4v) is 2.02. The van der Waals surface area contributed by atoms with Gasteiger partial charge in [0.15, 0.2) is 0 Å². The molecule has 0 spiro atoms. The number of nitrogens with zero attached hydrogens (tertiary/aromatic N) is 3. The van der Waals surface area contributed by atoms with Gasteiger partial charge < -0.3 is 10.2 Å². The van der Waals surface area contributed by atoms with Gasteiger partial charge in [0.1, 0.15) is 11.6 Å². The number of rotatable bonds is 4. The van der Waals surface area contributed by atoms with Gasteiger partial charge in [-0.1, -0.05) is 12.1 Å². The molecule has 0 atom stereocenters. The predicted octanol–water partition coefficient (Wildman–Crippen LogP) is 2.58. The standard InChI is InChI=1S/C15H20N4/c1-11-5-6-12(2)13(9-11)19(4)15-7-8-17-14(18-15)10-16-3/h5-9,16H,10H2,1-4H3. The summed E-state index contributed by atoms with van der Waals surface area (Å²) in [7, 11) is 3.93. The van der Waals surface area contributed by atoms with Crippen molar-refractivity contribution in [2.75, 3.05) is 19.0 Å². The molecule has 1 heterocycles. The van der Waals surface area contributed by atoms with Crippen LogP contribution in [0.25, 0.3) is 0 Å². The van der Waals surface area contributed by atoms with E-state index in [1.165, 1.54) is 16.8 Å². The van der Waals surface area contributed by atoms with Crippen LogP contribution in [0.3, 0.4) is 0 Å². The van der Waals surface area contributed by atoms with Crippen molar-refractivity contribution < 1.29 is 0 Å². The molecule has 0 aliphatic carbocycles. The molecular formula is C15H20N4. The maximum Gasteiger partial charge on any atom is 0.144 e. The van der Waals surface area contributed by atoms with E-state index in [1.807, 2.05) is 20.2 Å². The van der Waals surface area contributed by atoms with E-state index in [-0.39, 0.29) is 0 Å². The summed E-state index contributed by atoms with van der Waals surface area (Å²) in [5.41, 5.74) is 3.66. The fraction of sp³-hybridized carbons (Fsp3) is 0.333. The van der Waals surface area contributed by atoms with Gasteiger partial charge in [0.2, 0.25) is 0 Å². The lowest BCUT2D eigenvalue weighted by Gasteiger charge is -2.21. The summed E-state index contributed by atoms with van der Waals surface area (Å²) in [4.78, 5) is 10.9. The average Bonchev–Trinajstić information content (AvgIpc) is 2.41. The Morgan fingerprint density at radius 1 is 1.21 bits per heavy atom. The van der Waals surface area contributed by atoms with Gasteiger partial charge in [-0.05, 0) is 44.2 Å². The normalized spacial score (nSPS) is 10.5. The van der Waals surface area contributed by atoms with Crippen molar-refractivity contribution in [3.63, 3.8) is 0 Å². The highest BCUT2D eigenvalue weighted by atomic mass is 15.2. The first-order valence-electron chi connectivity index (χ1n) is 6.39. The maximum absolute atomic E-state index is 4.56. The Bertz CT molecular complexity index is 566. The molecule has 0 aliphatic rings. The second-order valence-electron chi connectivity index (χ2n) is 4.71. The average molecular weight is 256 g/mol. The predicted molar refractivity (Wildman–Crippen MR) is 78.8 cm³/mol. The largest absolute Gasteiger partial charge is 0.329 e. The molecule has 100 valence electrons. The third kappa shape index (κ3) is 3.09. The minimum absolute atomic E-state index is 0.675. The van der Waals surface area contributed by atoms with Gasteiger partial charge in [-0.25, -0.2) is 9.97 Å². The van der Waals surface area contributed by atoms with E-state index in [4.69, 9.17) is 0 Å². The van der Waals surface area contributed by atoms with Gasteiger partial charge in [0.05, 0.1) is 6.54 Å². The molecule has 0 bridgehead atoms. The van der Waals surface area contributed by atoms with E-state index in [0.29, 0.717) is 6.54 Å². The Morgan fingerprint density at radius 3 is 2.74 bits per heavy atom. The van der Waals surface area contributed by atoms with Crippen LogP contribution < -0.4 is 10.2 Å². The molecule has 0 radical (unpaired) electrons. The molecule has 0 unspecified atom stereocenters. The van der Waals surface area contributed by atoms with Crippen molar-refractivity contribution in [2.45, 2.75) is 20.4 Å². The van der Waals surface area contributed by atoms with Crippen LogP contribution in [0.2, 0.25) is 0 Å². The number of hydrogen-bond acceptors (Lipinski definition) is 4. The van der Waals surface area contributed by atoms with Crippen LogP contribution in [0.1, 0.15) is 17.0 Å². The van der Waals surface area contributed by atoms with Crippen LogP contribution in [-0.2, 0) is 6.54 Å². The van der Waals surface area contributed by atoms with Gasteiger partial charge in [0.25, 0.3) is 0 Å². The van der Waals surface area contributed by atoms with Crippen molar-refractivity contribution in [1.29, 1.82) is 0 Å². The first kappa shape index (κ1) is 13.5. The summed E-state index contributed by atoms with van der Waals surface area (Å²) < 4.78 is 0. The third-order valence-electron chi connectivity index (χ3n) is 3.10. The summed E-state index contributed by atoms with van der Waals surface area (Å²) in [6.07, 6.45) is 1.80. The second kappa shape index (κ2) is 5.80. The third-order valence-corrected chi connectivity index (χ3v) is 3.10. The first-order chi connectivity index (χ1) is 9.11. The maximum atomic E-state index is 4.56. The minimum Gasteiger partial charge on any atom is -0.329 e. The van der Waals surface area contributed by atoms with Crippen LogP contribution in [0, 0.1) is 13.8 Å². The SMILES string of the molecule is CNCc1nccc(N(C)c2cc(C)ccc2C)n1. The van der Waals surface area contributed by atoms with E-state index in [1.54, 1.807) is 6.20 Å². The molecule has 1 N–H and O–H groups in total. The van der Waals surface area contributed by atoms with Crippen LogP contribution in [-0.4, -0.2) is 24.1 Å². The molecule has 0 saturated heterocycles.